The highest BCUT2D eigenvalue weighted by Crippen LogP contribution is 2.70. The Labute approximate surface area is 367 Å². The zero-order chi connectivity index (χ0) is 41.2. The van der Waals surface area contributed by atoms with Crippen molar-refractivity contribution in [1.29, 1.82) is 0 Å². The maximum Gasteiger partial charge on any atom is 0.164 e. The lowest BCUT2D eigenvalue weighted by atomic mass is 9.43. The van der Waals surface area contributed by atoms with Gasteiger partial charge in [0.05, 0.1) is 11.0 Å². The summed E-state index contributed by atoms with van der Waals surface area (Å²) >= 11 is 0. The third-order valence-electron chi connectivity index (χ3n) is 15.6. The smallest absolute Gasteiger partial charge is 0.164 e. The molecule has 0 aliphatic heterocycles. The summed E-state index contributed by atoms with van der Waals surface area (Å²) in [7, 11) is 0. The molecule has 0 unspecified atom stereocenters. The maximum absolute atomic E-state index is 5.33. The van der Waals surface area contributed by atoms with Crippen LogP contribution in [-0.4, -0.2) is 19.5 Å². The Morgan fingerprint density at radius 3 is 1.70 bits per heavy atom. The van der Waals surface area contributed by atoms with Crippen molar-refractivity contribution in [1.82, 2.24) is 19.5 Å². The van der Waals surface area contributed by atoms with Crippen molar-refractivity contribution in [3.63, 3.8) is 0 Å². The Morgan fingerprint density at radius 1 is 0.397 bits per heavy atom. The molecule has 63 heavy (non-hydrogen) atoms. The molecular formula is C59H44N4. The van der Waals surface area contributed by atoms with E-state index in [1.54, 1.807) is 5.56 Å². The van der Waals surface area contributed by atoms with Gasteiger partial charge in [-0.3, -0.25) is 0 Å². The fraction of sp³-hybridized carbons (Fsp3) is 0.169. The van der Waals surface area contributed by atoms with Crippen LogP contribution in [0.3, 0.4) is 0 Å². The number of benzene rings is 8. The Hall–Kier alpha value is -7.17. The first kappa shape index (κ1) is 35.4. The van der Waals surface area contributed by atoms with Gasteiger partial charge in [-0.2, -0.15) is 0 Å². The van der Waals surface area contributed by atoms with Crippen LogP contribution in [0.1, 0.15) is 43.2 Å². The molecule has 2 aromatic heterocycles. The molecule has 15 rings (SSSR count). The molecule has 0 saturated heterocycles. The van der Waals surface area contributed by atoms with E-state index in [4.69, 9.17) is 15.0 Å². The molecule has 0 amide bonds. The van der Waals surface area contributed by atoms with Crippen LogP contribution in [0.2, 0.25) is 0 Å². The number of rotatable bonds is 5. The van der Waals surface area contributed by atoms with Gasteiger partial charge in [0.2, 0.25) is 0 Å². The molecule has 5 aliphatic carbocycles. The molecule has 4 fully saturated rings. The third-order valence-corrected chi connectivity index (χ3v) is 15.6. The molecule has 1 spiro atoms. The van der Waals surface area contributed by atoms with Crippen molar-refractivity contribution in [2.45, 2.75) is 37.5 Å². The first-order valence-electron chi connectivity index (χ1n) is 22.9. The van der Waals surface area contributed by atoms with Crippen molar-refractivity contribution in [2.24, 2.45) is 23.7 Å². The molecule has 0 radical (unpaired) electrons. The van der Waals surface area contributed by atoms with E-state index < -0.39 is 0 Å². The predicted octanol–water partition coefficient (Wildman–Crippen LogP) is 14.5. The Balaban J connectivity index is 0.889. The van der Waals surface area contributed by atoms with Gasteiger partial charge in [-0.1, -0.05) is 146 Å². The predicted molar refractivity (Wildman–Crippen MR) is 257 cm³/mol. The topological polar surface area (TPSA) is 43.6 Å². The molecule has 8 aromatic carbocycles. The van der Waals surface area contributed by atoms with E-state index >= 15 is 0 Å². The minimum absolute atomic E-state index is 0.0163. The van der Waals surface area contributed by atoms with E-state index in [1.165, 1.54) is 92.6 Å². The van der Waals surface area contributed by atoms with Crippen molar-refractivity contribution in [3.05, 3.63) is 193 Å². The van der Waals surface area contributed by atoms with Gasteiger partial charge in [-0.05, 0) is 136 Å². The van der Waals surface area contributed by atoms with E-state index in [9.17, 15) is 0 Å². The van der Waals surface area contributed by atoms with Gasteiger partial charge in [0.25, 0.3) is 0 Å². The fourth-order valence-electron chi connectivity index (χ4n) is 13.3. The minimum atomic E-state index is 0.0163. The highest BCUT2D eigenvalue weighted by atomic mass is 15.0. The van der Waals surface area contributed by atoms with Crippen LogP contribution < -0.4 is 0 Å². The van der Waals surface area contributed by atoms with Crippen LogP contribution in [0, 0.1) is 23.7 Å². The molecular weight excluding hydrogens is 765 g/mol. The number of aromatic nitrogens is 4. The summed E-state index contributed by atoms with van der Waals surface area (Å²) in [4.78, 5) is 15.8. The lowest BCUT2D eigenvalue weighted by Gasteiger charge is -2.61. The highest BCUT2D eigenvalue weighted by Gasteiger charge is 2.62. The lowest BCUT2D eigenvalue weighted by Crippen LogP contribution is -2.55. The summed E-state index contributed by atoms with van der Waals surface area (Å²) in [6, 6.07) is 66.5. The first-order valence-corrected chi connectivity index (χ1v) is 22.9. The number of nitrogens with zero attached hydrogens (tertiary/aromatic N) is 4. The summed E-state index contributed by atoms with van der Waals surface area (Å²) in [5, 5.41) is 5.29. The standard InChI is InChI=1S/C59H44N4/c1-3-12-40(13-4-1)56-60-57(41-21-19-38(20-22-41)42-25-28-54-51(34-42)49-17-9-10-18-53(49)63(54)46-14-5-2-6-15-46)62-58(61-56)43-24-26-48-50-27-23-39-11-7-8-16-47(39)55(50)59(52(48)35-43)44-30-36-29-37(32-44)33-45(59)31-36/h1-28,34-37,44-45H,29-33H2. The molecule has 4 heteroatoms. The quantitative estimate of drug-likeness (QED) is 0.174. The normalized spacial score (nSPS) is 21.7. The monoisotopic (exact) mass is 808 g/mol. The summed E-state index contributed by atoms with van der Waals surface area (Å²) in [5.74, 6) is 5.17. The molecule has 0 atom stereocenters. The Morgan fingerprint density at radius 2 is 0.952 bits per heavy atom. The van der Waals surface area contributed by atoms with Crippen LogP contribution in [0.15, 0.2) is 182 Å². The second-order valence-electron chi connectivity index (χ2n) is 18.8. The van der Waals surface area contributed by atoms with Gasteiger partial charge in [-0.15, -0.1) is 0 Å². The van der Waals surface area contributed by atoms with Crippen molar-refractivity contribution in [2.75, 3.05) is 0 Å². The van der Waals surface area contributed by atoms with Gasteiger partial charge in [0, 0.05) is 38.6 Å². The molecule has 10 aromatic rings. The van der Waals surface area contributed by atoms with E-state index in [-0.39, 0.29) is 5.41 Å². The number of hydrogen-bond donors (Lipinski definition) is 0. The largest absolute Gasteiger partial charge is 0.309 e. The Bertz CT molecular complexity index is 3430. The van der Waals surface area contributed by atoms with Crippen LogP contribution in [0.25, 0.3) is 94.7 Å². The van der Waals surface area contributed by atoms with Crippen molar-refractivity contribution < 1.29 is 0 Å². The first-order chi connectivity index (χ1) is 31.2. The summed E-state index contributed by atoms with van der Waals surface area (Å²) < 4.78 is 2.37. The van der Waals surface area contributed by atoms with Gasteiger partial charge >= 0.3 is 0 Å². The molecule has 0 N–H and O–H groups in total. The summed E-state index contributed by atoms with van der Waals surface area (Å²) in [5.41, 5.74) is 14.9. The number of para-hydroxylation sites is 2. The molecule has 4 bridgehead atoms. The van der Waals surface area contributed by atoms with Crippen LogP contribution in [-0.2, 0) is 5.41 Å². The average molecular weight is 809 g/mol. The molecule has 2 heterocycles. The second-order valence-corrected chi connectivity index (χ2v) is 18.8. The third kappa shape index (κ3) is 5.18. The lowest BCUT2D eigenvalue weighted by molar-refractivity contribution is -0.0393. The van der Waals surface area contributed by atoms with Crippen LogP contribution in [0.4, 0.5) is 0 Å². The maximum atomic E-state index is 5.33. The van der Waals surface area contributed by atoms with Crippen LogP contribution >= 0.6 is 0 Å². The van der Waals surface area contributed by atoms with Gasteiger partial charge in [0.1, 0.15) is 0 Å². The minimum Gasteiger partial charge on any atom is -0.309 e. The molecule has 4 nitrogen and oxygen atoms in total. The van der Waals surface area contributed by atoms with E-state index in [0.717, 1.165) is 39.9 Å². The van der Waals surface area contributed by atoms with Gasteiger partial charge in [0.15, 0.2) is 17.5 Å². The zero-order valence-corrected chi connectivity index (χ0v) is 35.0. The molecule has 300 valence electrons. The van der Waals surface area contributed by atoms with Crippen molar-refractivity contribution >= 4 is 32.6 Å². The molecule has 5 aliphatic rings. The number of fused-ring (bicyclic) bond motifs is 8. The zero-order valence-electron chi connectivity index (χ0n) is 35.0. The molecule has 4 saturated carbocycles. The highest BCUT2D eigenvalue weighted by molar-refractivity contribution is 6.10. The Kier molecular flexibility index (Phi) is 7.54. The summed E-state index contributed by atoms with van der Waals surface area (Å²) in [6.45, 7) is 0. The van der Waals surface area contributed by atoms with Crippen LogP contribution in [0.5, 0.6) is 0 Å². The summed E-state index contributed by atoms with van der Waals surface area (Å²) in [6.07, 6.45) is 6.80. The van der Waals surface area contributed by atoms with Gasteiger partial charge < -0.3 is 4.57 Å². The van der Waals surface area contributed by atoms with E-state index in [2.05, 4.69) is 180 Å². The second kappa shape index (κ2) is 13.4. The van der Waals surface area contributed by atoms with E-state index in [1.807, 2.05) is 6.07 Å². The number of hydrogen-bond acceptors (Lipinski definition) is 3. The van der Waals surface area contributed by atoms with E-state index in [0.29, 0.717) is 23.5 Å². The SMILES string of the molecule is c1ccc(-c2nc(-c3ccc(-c4ccc5c(c4)c4ccccc4n5-c4ccccc4)cc3)nc(-c3ccc4c(c3)C3(c5c-4ccc4ccccc54)C4CC5CC(C4)CC3C5)n2)cc1. The average Bonchev–Trinajstić information content (AvgIpc) is 3.84. The fourth-order valence-corrected chi connectivity index (χ4v) is 13.3. The van der Waals surface area contributed by atoms with Crippen molar-refractivity contribution in [3.8, 4) is 62.1 Å². The van der Waals surface area contributed by atoms with Gasteiger partial charge in [-0.25, -0.2) is 15.0 Å².